The topological polar surface area (TPSA) is 34.1 Å². The predicted molar refractivity (Wildman–Crippen MR) is 165 cm³/mol. The second kappa shape index (κ2) is 9.02. The van der Waals surface area contributed by atoms with E-state index in [-0.39, 0.29) is 27.4 Å². The first-order valence-corrected chi connectivity index (χ1v) is 16.2. The van der Waals surface area contributed by atoms with Crippen LogP contribution in [0.15, 0.2) is 42.5 Å². The lowest BCUT2D eigenvalue weighted by molar-refractivity contribution is -0.223. The van der Waals surface area contributed by atoms with Crippen molar-refractivity contribution in [1.29, 1.82) is 0 Å². The average molecular weight is 541 g/mol. The number of rotatable bonds is 4. The highest BCUT2D eigenvalue weighted by Gasteiger charge is 2.70. The molecule has 5 aliphatic carbocycles. The van der Waals surface area contributed by atoms with Crippen LogP contribution in [-0.2, 0) is 4.79 Å². The van der Waals surface area contributed by atoms with E-state index in [1.54, 1.807) is 6.92 Å². The highest BCUT2D eigenvalue weighted by molar-refractivity contribution is 5.94. The molecule has 0 aliphatic heterocycles. The van der Waals surface area contributed by atoms with Crippen molar-refractivity contribution in [2.24, 2.45) is 56.7 Å². The van der Waals surface area contributed by atoms with Gasteiger partial charge in [-0.05, 0) is 134 Å². The summed E-state index contributed by atoms with van der Waals surface area (Å²) in [6.07, 6.45) is 14.7. The molecule has 5 aliphatic rings. The van der Waals surface area contributed by atoms with Crippen molar-refractivity contribution < 1.29 is 9.59 Å². The first kappa shape index (κ1) is 28.2. The molecule has 4 fully saturated rings. The van der Waals surface area contributed by atoms with Crippen LogP contribution in [0.4, 0.5) is 0 Å². The predicted octanol–water partition coefficient (Wildman–Crippen LogP) is 9.74. The normalized spacial score (nSPS) is 45.3. The van der Waals surface area contributed by atoms with Crippen LogP contribution in [0.5, 0.6) is 0 Å². The van der Waals surface area contributed by atoms with Gasteiger partial charge in [0.15, 0.2) is 5.78 Å². The fourth-order valence-electron chi connectivity index (χ4n) is 12.4. The Morgan fingerprint density at radius 1 is 0.850 bits per heavy atom. The van der Waals surface area contributed by atoms with Gasteiger partial charge in [0.25, 0.3) is 0 Å². The summed E-state index contributed by atoms with van der Waals surface area (Å²) in [5.74, 6) is 3.09. The number of carbonyl (C=O) groups is 2. The van der Waals surface area contributed by atoms with Gasteiger partial charge in [-0.1, -0.05) is 77.1 Å². The fraction of sp³-hybridized carbons (Fsp3) is 0.684. The van der Waals surface area contributed by atoms with Crippen LogP contribution < -0.4 is 0 Å². The molecule has 0 heterocycles. The molecule has 2 heteroatoms. The molecule has 2 nitrogen and oxygen atoms in total. The van der Waals surface area contributed by atoms with E-state index in [0.29, 0.717) is 35.0 Å². The molecular weight excluding hydrogens is 488 g/mol. The van der Waals surface area contributed by atoms with E-state index in [9.17, 15) is 9.59 Å². The van der Waals surface area contributed by atoms with Crippen molar-refractivity contribution in [2.75, 3.05) is 0 Å². The maximum absolute atomic E-state index is 12.7. The Bertz CT molecular complexity index is 1270. The zero-order valence-corrected chi connectivity index (χ0v) is 26.2. The van der Waals surface area contributed by atoms with Gasteiger partial charge < -0.3 is 4.79 Å². The van der Waals surface area contributed by atoms with Crippen LogP contribution in [0, 0.1) is 56.7 Å². The number of ketones is 1. The van der Waals surface area contributed by atoms with Gasteiger partial charge >= 0.3 is 0 Å². The quantitative estimate of drug-likeness (QED) is 0.216. The van der Waals surface area contributed by atoms with Gasteiger partial charge in [0.05, 0.1) is 0 Å². The highest BCUT2D eigenvalue weighted by Crippen LogP contribution is 2.77. The smallest absolute Gasteiger partial charge is 0.159 e. The molecule has 4 saturated carbocycles. The molecule has 0 N–H and O–H groups in total. The van der Waals surface area contributed by atoms with E-state index >= 15 is 0 Å². The Kier molecular flexibility index (Phi) is 6.35. The summed E-state index contributed by atoms with van der Waals surface area (Å²) in [6, 6.07) is 8.36. The zero-order chi connectivity index (χ0) is 28.9. The van der Waals surface area contributed by atoms with Gasteiger partial charge in [0.2, 0.25) is 0 Å². The van der Waals surface area contributed by atoms with Gasteiger partial charge in [-0.2, -0.15) is 0 Å². The first-order chi connectivity index (χ1) is 18.7. The van der Waals surface area contributed by atoms with Gasteiger partial charge in [0.1, 0.15) is 6.29 Å². The third-order valence-corrected chi connectivity index (χ3v) is 14.5. The summed E-state index contributed by atoms with van der Waals surface area (Å²) < 4.78 is 0. The second-order valence-corrected chi connectivity index (χ2v) is 16.2. The van der Waals surface area contributed by atoms with Gasteiger partial charge in [-0.3, -0.25) is 4.79 Å². The number of aldehydes is 1. The minimum atomic E-state index is -0.111. The van der Waals surface area contributed by atoms with E-state index in [1.807, 2.05) is 12.1 Å². The molecule has 0 aromatic heterocycles. The Morgan fingerprint density at radius 2 is 1.55 bits per heavy atom. The Balaban J connectivity index is 1.37. The van der Waals surface area contributed by atoms with Crippen molar-refractivity contribution in [1.82, 2.24) is 0 Å². The molecule has 0 radical (unpaired) electrons. The highest BCUT2D eigenvalue weighted by atomic mass is 16.1. The molecule has 0 saturated heterocycles. The minimum absolute atomic E-state index is 0.0829. The van der Waals surface area contributed by atoms with Gasteiger partial charge in [0, 0.05) is 11.0 Å². The molecule has 0 bridgehead atoms. The number of hydrogen-bond acceptors (Lipinski definition) is 2. The summed E-state index contributed by atoms with van der Waals surface area (Å²) in [5, 5.41) is 0. The van der Waals surface area contributed by atoms with Gasteiger partial charge in [-0.15, -0.1) is 0 Å². The Hall–Kier alpha value is -1.96. The largest absolute Gasteiger partial charge is 0.303 e. The SMILES string of the molecule is C=C(C)[C@@H]1CC[C@]2(C=O)CC[C@]3(C)[C@H](CC[C@@H]4[C@@]5(C)CC=C(c6ccc(C(C)=O)cc6)C(C)(C)[C@@H]5CC[C@]43C)[C@@H]12. The molecule has 216 valence electrons. The molecule has 0 spiro atoms. The van der Waals surface area contributed by atoms with Crippen molar-refractivity contribution in [3.05, 3.63) is 53.6 Å². The van der Waals surface area contributed by atoms with Gasteiger partial charge in [-0.25, -0.2) is 0 Å². The van der Waals surface area contributed by atoms with Crippen molar-refractivity contribution >= 4 is 17.6 Å². The Labute approximate surface area is 243 Å². The third kappa shape index (κ3) is 3.53. The number of hydrogen-bond donors (Lipinski definition) is 0. The molecule has 0 unspecified atom stereocenters. The summed E-state index contributed by atoms with van der Waals surface area (Å²) in [5.41, 5.74) is 5.67. The molecule has 6 rings (SSSR count). The minimum Gasteiger partial charge on any atom is -0.303 e. The lowest BCUT2D eigenvalue weighted by Crippen LogP contribution is -2.65. The maximum atomic E-state index is 12.7. The number of fused-ring (bicyclic) bond motifs is 7. The number of Topliss-reactive ketones (excluding diaryl/α,β-unsaturated/α-hetero) is 1. The van der Waals surface area contributed by atoms with Crippen LogP contribution in [0.25, 0.3) is 5.57 Å². The number of benzene rings is 1. The number of allylic oxidation sites excluding steroid dienone is 3. The fourth-order valence-corrected chi connectivity index (χ4v) is 12.4. The van der Waals surface area contributed by atoms with Crippen LogP contribution in [0.2, 0.25) is 0 Å². The monoisotopic (exact) mass is 540 g/mol. The van der Waals surface area contributed by atoms with Crippen LogP contribution in [0.1, 0.15) is 122 Å². The molecule has 40 heavy (non-hydrogen) atoms. The zero-order valence-electron chi connectivity index (χ0n) is 26.2. The van der Waals surface area contributed by atoms with Crippen LogP contribution >= 0.6 is 0 Å². The lowest BCUT2D eigenvalue weighted by Gasteiger charge is -2.72. The van der Waals surface area contributed by atoms with Crippen molar-refractivity contribution in [3.63, 3.8) is 0 Å². The van der Waals surface area contributed by atoms with E-state index < -0.39 is 0 Å². The molecule has 1 aromatic carbocycles. The second-order valence-electron chi connectivity index (χ2n) is 16.2. The lowest BCUT2D eigenvalue weighted by atomic mass is 9.32. The van der Waals surface area contributed by atoms with E-state index in [1.165, 1.54) is 55.1 Å². The summed E-state index contributed by atoms with van der Waals surface area (Å²) in [7, 11) is 0. The summed E-state index contributed by atoms with van der Waals surface area (Å²) >= 11 is 0. The molecule has 0 amide bonds. The summed E-state index contributed by atoms with van der Waals surface area (Å²) in [6.45, 7) is 21.3. The Morgan fingerprint density at radius 3 is 2.17 bits per heavy atom. The first-order valence-electron chi connectivity index (χ1n) is 16.2. The van der Waals surface area contributed by atoms with E-state index in [2.05, 4.69) is 66.3 Å². The molecular formula is C38H52O2. The standard InChI is InChI=1S/C38H52O2/c1-24(2)28-15-20-38(23-39)22-21-36(7)30(33(28)38)13-14-32-35(6)18-16-29(27-11-9-26(10-12-27)25(3)40)34(4,5)31(35)17-19-37(32,36)8/h9-12,16,23,28,30-33H,1,13-15,17-22H2,2-8H3/t28-,30+,31-,32+,33+,35-,36+,37+,38+/m0/s1. The van der Waals surface area contributed by atoms with Crippen LogP contribution in [-0.4, -0.2) is 12.1 Å². The van der Waals surface area contributed by atoms with E-state index in [0.717, 1.165) is 31.2 Å². The van der Waals surface area contributed by atoms with Crippen molar-refractivity contribution in [2.45, 2.75) is 106 Å². The molecule has 9 atom stereocenters. The maximum Gasteiger partial charge on any atom is 0.159 e. The van der Waals surface area contributed by atoms with E-state index in [4.69, 9.17) is 0 Å². The molecule has 1 aromatic rings. The average Bonchev–Trinajstić information content (AvgIpc) is 3.29. The van der Waals surface area contributed by atoms with Crippen LogP contribution in [0.3, 0.4) is 0 Å². The summed E-state index contributed by atoms with van der Waals surface area (Å²) in [4.78, 5) is 24.6. The number of carbonyl (C=O) groups excluding carboxylic acids is 2. The van der Waals surface area contributed by atoms with Crippen molar-refractivity contribution in [3.8, 4) is 0 Å². The third-order valence-electron chi connectivity index (χ3n) is 14.5.